The topological polar surface area (TPSA) is 108 Å². The summed E-state index contributed by atoms with van der Waals surface area (Å²) in [5.41, 5.74) is 0.831. The number of hydrogen-bond acceptors (Lipinski definition) is 7. The number of piperidine rings is 2. The van der Waals surface area contributed by atoms with Crippen LogP contribution in [-0.2, 0) is 9.59 Å². The molecule has 1 aromatic carbocycles. The molecule has 4 rings (SSSR count). The van der Waals surface area contributed by atoms with Gasteiger partial charge >= 0.3 is 0 Å². The first kappa shape index (κ1) is 22.4. The van der Waals surface area contributed by atoms with Crippen molar-refractivity contribution in [1.29, 1.82) is 0 Å². The molecule has 1 atom stereocenters. The maximum Gasteiger partial charge on any atom is 0.262 e. The number of nitrogens with zero attached hydrogens (tertiary/aromatic N) is 2. The van der Waals surface area contributed by atoms with Crippen LogP contribution in [0.15, 0.2) is 18.2 Å². The third-order valence-electron chi connectivity index (χ3n) is 6.75. The van der Waals surface area contributed by atoms with Gasteiger partial charge in [0.15, 0.2) is 0 Å². The summed E-state index contributed by atoms with van der Waals surface area (Å²) in [5.74, 6) is -1.51. The summed E-state index contributed by atoms with van der Waals surface area (Å²) >= 11 is 0. The van der Waals surface area contributed by atoms with Gasteiger partial charge in [0.2, 0.25) is 11.8 Å². The van der Waals surface area contributed by atoms with Crippen LogP contribution in [0, 0.1) is 5.41 Å². The molecule has 1 aromatic rings. The van der Waals surface area contributed by atoms with Gasteiger partial charge in [-0.1, -0.05) is 6.92 Å². The van der Waals surface area contributed by atoms with Gasteiger partial charge in [-0.05, 0) is 63.0 Å². The van der Waals surface area contributed by atoms with Crippen molar-refractivity contribution in [2.45, 2.75) is 38.6 Å². The molecular formula is C23H30N4O5. The SMILES string of the molecule is CNCC1(C)CCN(CCOc2ccc3c(c2)C(=O)N(C2CCC(=O)NC2=O)C3=O)CC1. The van der Waals surface area contributed by atoms with Crippen molar-refractivity contribution in [1.82, 2.24) is 20.4 Å². The molecule has 2 saturated heterocycles. The summed E-state index contributed by atoms with van der Waals surface area (Å²) < 4.78 is 5.87. The van der Waals surface area contributed by atoms with E-state index in [4.69, 9.17) is 4.74 Å². The molecule has 0 saturated carbocycles. The van der Waals surface area contributed by atoms with Gasteiger partial charge in [-0.2, -0.15) is 0 Å². The van der Waals surface area contributed by atoms with Crippen LogP contribution in [-0.4, -0.2) is 79.3 Å². The van der Waals surface area contributed by atoms with E-state index in [-0.39, 0.29) is 29.9 Å². The van der Waals surface area contributed by atoms with Gasteiger partial charge in [-0.25, -0.2) is 0 Å². The van der Waals surface area contributed by atoms with Gasteiger partial charge in [-0.3, -0.25) is 34.3 Å². The predicted molar refractivity (Wildman–Crippen MR) is 116 cm³/mol. The van der Waals surface area contributed by atoms with Crippen LogP contribution in [0.4, 0.5) is 0 Å². The molecule has 0 aromatic heterocycles. The highest BCUT2D eigenvalue weighted by Crippen LogP contribution is 2.31. The van der Waals surface area contributed by atoms with Crippen molar-refractivity contribution in [3.05, 3.63) is 29.3 Å². The van der Waals surface area contributed by atoms with Crippen LogP contribution >= 0.6 is 0 Å². The molecule has 9 heteroatoms. The number of hydrogen-bond donors (Lipinski definition) is 2. The molecule has 4 amide bonds. The fourth-order valence-electron chi connectivity index (χ4n) is 4.75. The maximum atomic E-state index is 12.9. The van der Waals surface area contributed by atoms with E-state index >= 15 is 0 Å². The summed E-state index contributed by atoms with van der Waals surface area (Å²) in [6.07, 6.45) is 2.52. The first-order valence-electron chi connectivity index (χ1n) is 11.2. The lowest BCUT2D eigenvalue weighted by Crippen LogP contribution is -2.54. The molecule has 3 aliphatic heterocycles. The van der Waals surface area contributed by atoms with Crippen LogP contribution in [0.25, 0.3) is 0 Å². The largest absolute Gasteiger partial charge is 0.492 e. The Bertz CT molecular complexity index is 938. The number of carbonyl (C=O) groups is 4. The van der Waals surface area contributed by atoms with Gasteiger partial charge in [0.1, 0.15) is 18.4 Å². The molecule has 2 N–H and O–H groups in total. The Morgan fingerprint density at radius 3 is 2.53 bits per heavy atom. The predicted octanol–water partition coefficient (Wildman–Crippen LogP) is 0.788. The van der Waals surface area contributed by atoms with E-state index in [1.54, 1.807) is 18.2 Å². The number of benzene rings is 1. The number of likely N-dealkylation sites (tertiary alicyclic amines) is 1. The van der Waals surface area contributed by atoms with Gasteiger partial charge in [-0.15, -0.1) is 0 Å². The lowest BCUT2D eigenvalue weighted by atomic mass is 9.80. The highest BCUT2D eigenvalue weighted by atomic mass is 16.5. The van der Waals surface area contributed by atoms with Crippen molar-refractivity contribution in [2.75, 3.05) is 39.8 Å². The Hall–Kier alpha value is -2.78. The molecule has 1 unspecified atom stereocenters. The van der Waals surface area contributed by atoms with Gasteiger partial charge in [0.05, 0.1) is 11.1 Å². The lowest BCUT2D eigenvalue weighted by molar-refractivity contribution is -0.136. The molecule has 0 spiro atoms. The number of amides is 4. The number of imide groups is 2. The minimum Gasteiger partial charge on any atom is -0.492 e. The van der Waals surface area contributed by atoms with E-state index in [2.05, 4.69) is 22.5 Å². The fraction of sp³-hybridized carbons (Fsp3) is 0.565. The van der Waals surface area contributed by atoms with Crippen molar-refractivity contribution < 1.29 is 23.9 Å². The second-order valence-electron chi connectivity index (χ2n) is 9.19. The molecule has 9 nitrogen and oxygen atoms in total. The van der Waals surface area contributed by atoms with Gasteiger partial charge in [0.25, 0.3) is 11.8 Å². The minimum absolute atomic E-state index is 0.1000. The van der Waals surface area contributed by atoms with Crippen molar-refractivity contribution in [3.8, 4) is 5.75 Å². The van der Waals surface area contributed by atoms with E-state index in [1.807, 2.05) is 7.05 Å². The first-order valence-corrected chi connectivity index (χ1v) is 11.2. The van der Waals surface area contributed by atoms with Crippen molar-refractivity contribution in [2.24, 2.45) is 5.41 Å². The Morgan fingerprint density at radius 2 is 1.84 bits per heavy atom. The third-order valence-corrected chi connectivity index (χ3v) is 6.75. The highest BCUT2D eigenvalue weighted by molar-refractivity contribution is 6.23. The number of rotatable bonds is 7. The summed E-state index contributed by atoms with van der Waals surface area (Å²) in [5, 5.41) is 5.48. The van der Waals surface area contributed by atoms with Crippen molar-refractivity contribution in [3.63, 3.8) is 0 Å². The smallest absolute Gasteiger partial charge is 0.262 e. The van der Waals surface area contributed by atoms with Crippen molar-refractivity contribution >= 4 is 23.6 Å². The average Bonchev–Trinajstić information content (AvgIpc) is 3.00. The molecule has 172 valence electrons. The Balaban J connectivity index is 1.34. The zero-order valence-electron chi connectivity index (χ0n) is 18.6. The highest BCUT2D eigenvalue weighted by Gasteiger charge is 2.44. The van der Waals surface area contributed by atoms with Crippen LogP contribution in [0.2, 0.25) is 0 Å². The zero-order chi connectivity index (χ0) is 22.9. The van der Waals surface area contributed by atoms with E-state index in [9.17, 15) is 19.2 Å². The van der Waals surface area contributed by atoms with E-state index in [1.165, 1.54) is 0 Å². The minimum atomic E-state index is -0.961. The molecular weight excluding hydrogens is 412 g/mol. The standard InChI is InChI=1S/C23H30N4O5/c1-23(14-24-2)7-9-26(10-8-23)11-12-32-15-3-4-16-17(13-15)22(31)27(21(16)30)18-5-6-19(28)25-20(18)29/h3-4,13,18,24H,5-12,14H2,1-2H3,(H,25,28,29). The number of nitrogens with one attached hydrogen (secondary N) is 2. The van der Waals surface area contributed by atoms with E-state index in [0.717, 1.165) is 43.9 Å². The zero-order valence-corrected chi connectivity index (χ0v) is 18.6. The Morgan fingerprint density at radius 1 is 1.12 bits per heavy atom. The fourth-order valence-corrected chi connectivity index (χ4v) is 4.75. The normalized spacial score (nSPS) is 23.3. The molecule has 3 heterocycles. The van der Waals surface area contributed by atoms with Crippen LogP contribution < -0.4 is 15.4 Å². The van der Waals surface area contributed by atoms with E-state index < -0.39 is 23.8 Å². The molecule has 0 radical (unpaired) electrons. The quantitative estimate of drug-likeness (QED) is 0.601. The number of ether oxygens (including phenoxy) is 1. The second kappa shape index (κ2) is 8.99. The Labute approximate surface area is 187 Å². The summed E-state index contributed by atoms with van der Waals surface area (Å²) in [4.78, 5) is 52.5. The lowest BCUT2D eigenvalue weighted by Gasteiger charge is -2.39. The van der Waals surface area contributed by atoms with Crippen LogP contribution in [0.3, 0.4) is 0 Å². The molecule has 32 heavy (non-hydrogen) atoms. The molecule has 2 fully saturated rings. The van der Waals surface area contributed by atoms with Crippen LogP contribution in [0.5, 0.6) is 5.75 Å². The van der Waals surface area contributed by atoms with Crippen LogP contribution in [0.1, 0.15) is 53.3 Å². The molecule has 3 aliphatic rings. The molecule has 0 aliphatic carbocycles. The van der Waals surface area contributed by atoms with Gasteiger partial charge in [0, 0.05) is 19.5 Å². The first-order chi connectivity index (χ1) is 15.3. The second-order valence-corrected chi connectivity index (χ2v) is 9.19. The summed E-state index contributed by atoms with van der Waals surface area (Å²) in [6.45, 7) is 6.68. The maximum absolute atomic E-state index is 12.9. The summed E-state index contributed by atoms with van der Waals surface area (Å²) in [7, 11) is 1.99. The summed E-state index contributed by atoms with van der Waals surface area (Å²) in [6, 6.07) is 3.86. The Kier molecular flexibility index (Phi) is 6.30. The van der Waals surface area contributed by atoms with E-state index in [0.29, 0.717) is 17.8 Å². The molecule has 0 bridgehead atoms. The number of carbonyl (C=O) groups excluding carboxylic acids is 4. The third kappa shape index (κ3) is 4.40. The monoisotopic (exact) mass is 442 g/mol. The average molecular weight is 443 g/mol. The van der Waals surface area contributed by atoms with Gasteiger partial charge < -0.3 is 10.1 Å². The number of fused-ring (bicyclic) bond motifs is 1.